The molecule has 3 N–H and O–H groups in total. The predicted octanol–water partition coefficient (Wildman–Crippen LogP) is 2.20. The number of aliphatic hydroxyl groups is 1. The molecule has 0 saturated heterocycles. The summed E-state index contributed by atoms with van der Waals surface area (Å²) in [5, 5.41) is 21.5. The molecule has 0 fully saturated rings. The topological polar surface area (TPSA) is 69.6 Å². The summed E-state index contributed by atoms with van der Waals surface area (Å²) >= 11 is 0. The van der Waals surface area contributed by atoms with E-state index in [-0.39, 0.29) is 19.1 Å². The summed E-state index contributed by atoms with van der Waals surface area (Å²) in [6.45, 7) is -0.220. The van der Waals surface area contributed by atoms with Crippen molar-refractivity contribution in [2.45, 2.75) is 18.5 Å². The van der Waals surface area contributed by atoms with E-state index >= 15 is 0 Å². The summed E-state index contributed by atoms with van der Waals surface area (Å²) in [5.41, 5.74) is 2.07. The number of rotatable bonds is 7. The molecule has 0 radical (unpaired) electrons. The zero-order valence-corrected chi connectivity index (χ0v) is 11.6. The van der Waals surface area contributed by atoms with Crippen molar-refractivity contribution in [3.63, 3.8) is 0 Å². The first-order valence-electron chi connectivity index (χ1n) is 6.89. The van der Waals surface area contributed by atoms with E-state index in [1.165, 1.54) is 0 Å². The third-order valence-corrected chi connectivity index (χ3v) is 3.31. The van der Waals surface area contributed by atoms with Crippen molar-refractivity contribution in [2.24, 2.45) is 0 Å². The Bertz CT molecular complexity index is 517. The number of carboxylic acid groups (broad SMARTS) is 1. The van der Waals surface area contributed by atoms with Crippen LogP contribution in [0.1, 0.15) is 23.6 Å². The van der Waals surface area contributed by atoms with E-state index in [1.807, 2.05) is 60.7 Å². The lowest BCUT2D eigenvalue weighted by molar-refractivity contribution is -0.137. The number of aliphatic hydroxyl groups excluding tert-OH is 1. The Balaban J connectivity index is 2.26. The molecule has 0 aliphatic carbocycles. The lowest BCUT2D eigenvalue weighted by atomic mass is 9.97. The molecule has 4 heteroatoms. The molecule has 2 rings (SSSR count). The average molecular weight is 285 g/mol. The summed E-state index contributed by atoms with van der Waals surface area (Å²) < 4.78 is 0. The van der Waals surface area contributed by atoms with E-state index in [0.29, 0.717) is 0 Å². The number of benzene rings is 2. The second kappa shape index (κ2) is 7.57. The largest absolute Gasteiger partial charge is 0.481 e. The van der Waals surface area contributed by atoms with Gasteiger partial charge in [-0.3, -0.25) is 4.79 Å². The van der Waals surface area contributed by atoms with Crippen molar-refractivity contribution >= 4 is 5.97 Å². The van der Waals surface area contributed by atoms with Gasteiger partial charge in [0.15, 0.2) is 0 Å². The Morgan fingerprint density at radius 1 is 0.952 bits per heavy atom. The Labute approximate surface area is 124 Å². The Kier molecular flexibility index (Phi) is 5.49. The van der Waals surface area contributed by atoms with Gasteiger partial charge in [-0.25, -0.2) is 0 Å². The molecule has 2 aromatic carbocycles. The Morgan fingerprint density at radius 2 is 1.43 bits per heavy atom. The zero-order valence-electron chi connectivity index (χ0n) is 11.6. The van der Waals surface area contributed by atoms with E-state index in [9.17, 15) is 9.90 Å². The van der Waals surface area contributed by atoms with Crippen LogP contribution in [0.15, 0.2) is 60.7 Å². The summed E-state index contributed by atoms with van der Waals surface area (Å²) in [6, 6.07) is 18.9. The fourth-order valence-corrected chi connectivity index (χ4v) is 2.30. The van der Waals surface area contributed by atoms with Crippen LogP contribution in [0.5, 0.6) is 0 Å². The number of carbonyl (C=O) groups is 1. The minimum absolute atomic E-state index is 0.118. The van der Waals surface area contributed by atoms with Crippen molar-refractivity contribution in [1.82, 2.24) is 5.32 Å². The number of aliphatic carboxylic acids is 1. The molecule has 0 spiro atoms. The first kappa shape index (κ1) is 15.2. The van der Waals surface area contributed by atoms with E-state index in [0.717, 1.165) is 11.1 Å². The fraction of sp³-hybridized carbons (Fsp3) is 0.235. The Hall–Kier alpha value is -2.17. The maximum atomic E-state index is 10.9. The van der Waals surface area contributed by atoms with E-state index in [4.69, 9.17) is 5.11 Å². The number of hydrogen-bond acceptors (Lipinski definition) is 3. The molecule has 21 heavy (non-hydrogen) atoms. The minimum atomic E-state index is -0.929. The third kappa shape index (κ3) is 4.41. The maximum Gasteiger partial charge on any atom is 0.305 e. The molecule has 110 valence electrons. The van der Waals surface area contributed by atoms with Crippen LogP contribution < -0.4 is 5.32 Å². The lowest BCUT2D eigenvalue weighted by Gasteiger charge is -2.24. The van der Waals surface area contributed by atoms with Crippen molar-refractivity contribution < 1.29 is 15.0 Å². The maximum absolute atomic E-state index is 10.9. The van der Waals surface area contributed by atoms with Gasteiger partial charge < -0.3 is 15.5 Å². The molecule has 2 aromatic rings. The highest BCUT2D eigenvalue weighted by molar-refractivity contribution is 5.67. The summed E-state index contributed by atoms with van der Waals surface area (Å²) in [4.78, 5) is 10.9. The second-order valence-corrected chi connectivity index (χ2v) is 4.90. The van der Waals surface area contributed by atoms with E-state index < -0.39 is 12.0 Å². The second-order valence-electron chi connectivity index (χ2n) is 4.90. The molecule has 1 atom stereocenters. The highest BCUT2D eigenvalue weighted by Crippen LogP contribution is 2.22. The van der Waals surface area contributed by atoms with Gasteiger partial charge in [-0.15, -0.1) is 0 Å². The summed E-state index contributed by atoms with van der Waals surface area (Å²) in [6.07, 6.45) is -0.118. The van der Waals surface area contributed by atoms with Gasteiger partial charge in [0.25, 0.3) is 0 Å². The van der Waals surface area contributed by atoms with Crippen LogP contribution in [-0.2, 0) is 4.79 Å². The van der Waals surface area contributed by atoms with Gasteiger partial charge >= 0.3 is 5.97 Å². The third-order valence-electron chi connectivity index (χ3n) is 3.31. The smallest absolute Gasteiger partial charge is 0.305 e. The molecule has 0 heterocycles. The van der Waals surface area contributed by atoms with Gasteiger partial charge in [-0.05, 0) is 11.1 Å². The average Bonchev–Trinajstić information content (AvgIpc) is 2.52. The quantitative estimate of drug-likeness (QED) is 0.729. The van der Waals surface area contributed by atoms with Crippen LogP contribution in [0.2, 0.25) is 0 Å². The molecular formula is C17H19NO3. The molecule has 0 aliphatic rings. The number of carboxylic acids is 1. The van der Waals surface area contributed by atoms with Crippen molar-refractivity contribution in [3.05, 3.63) is 71.8 Å². The van der Waals surface area contributed by atoms with Crippen LogP contribution >= 0.6 is 0 Å². The van der Waals surface area contributed by atoms with Gasteiger partial charge in [-0.1, -0.05) is 60.7 Å². The molecule has 0 saturated carbocycles. The fourth-order valence-electron chi connectivity index (χ4n) is 2.30. The van der Waals surface area contributed by atoms with Crippen LogP contribution in [0.4, 0.5) is 0 Å². The first-order valence-corrected chi connectivity index (χ1v) is 6.89. The molecule has 0 aromatic heterocycles. The van der Waals surface area contributed by atoms with Crippen molar-refractivity contribution in [2.75, 3.05) is 6.61 Å². The zero-order chi connectivity index (χ0) is 15.1. The molecule has 0 unspecified atom stereocenters. The van der Waals surface area contributed by atoms with Gasteiger partial charge in [0.05, 0.1) is 19.1 Å². The van der Waals surface area contributed by atoms with Crippen LogP contribution in [0, 0.1) is 0 Å². The standard InChI is InChI=1S/C17H19NO3/c19-12-15(11-16(20)21)18-17(13-7-3-1-4-8-13)14-9-5-2-6-10-14/h1-10,15,17-19H,11-12H2,(H,20,21)/t15-/m0/s1. The van der Waals surface area contributed by atoms with Gasteiger partial charge in [0.1, 0.15) is 0 Å². The van der Waals surface area contributed by atoms with E-state index in [2.05, 4.69) is 5.32 Å². The number of nitrogens with one attached hydrogen (secondary N) is 1. The van der Waals surface area contributed by atoms with Gasteiger partial charge in [-0.2, -0.15) is 0 Å². The summed E-state index contributed by atoms with van der Waals surface area (Å²) in [5.74, 6) is -0.929. The van der Waals surface area contributed by atoms with Crippen LogP contribution in [-0.4, -0.2) is 28.8 Å². The number of hydrogen-bond donors (Lipinski definition) is 3. The van der Waals surface area contributed by atoms with E-state index in [1.54, 1.807) is 0 Å². The summed E-state index contributed by atoms with van der Waals surface area (Å²) in [7, 11) is 0. The molecule has 0 amide bonds. The molecule has 0 bridgehead atoms. The normalized spacial score (nSPS) is 12.3. The van der Waals surface area contributed by atoms with Gasteiger partial charge in [0, 0.05) is 6.04 Å². The van der Waals surface area contributed by atoms with Crippen LogP contribution in [0.3, 0.4) is 0 Å². The molecular weight excluding hydrogens is 266 g/mol. The lowest BCUT2D eigenvalue weighted by Crippen LogP contribution is -2.37. The minimum Gasteiger partial charge on any atom is -0.481 e. The molecule has 4 nitrogen and oxygen atoms in total. The van der Waals surface area contributed by atoms with Crippen LogP contribution in [0.25, 0.3) is 0 Å². The first-order chi connectivity index (χ1) is 10.2. The highest BCUT2D eigenvalue weighted by atomic mass is 16.4. The Morgan fingerprint density at radius 3 is 1.81 bits per heavy atom. The SMILES string of the molecule is O=C(O)C[C@@H](CO)NC(c1ccccc1)c1ccccc1. The predicted molar refractivity (Wildman–Crippen MR) is 81.0 cm³/mol. The monoisotopic (exact) mass is 285 g/mol. The van der Waals surface area contributed by atoms with Crippen molar-refractivity contribution in [3.8, 4) is 0 Å². The van der Waals surface area contributed by atoms with Gasteiger partial charge in [0.2, 0.25) is 0 Å². The molecule has 0 aliphatic heterocycles. The van der Waals surface area contributed by atoms with Crippen molar-refractivity contribution in [1.29, 1.82) is 0 Å². The highest BCUT2D eigenvalue weighted by Gasteiger charge is 2.20.